The van der Waals surface area contributed by atoms with E-state index in [1.165, 1.54) is 0 Å². The van der Waals surface area contributed by atoms with Crippen LogP contribution >= 0.6 is 0 Å². The van der Waals surface area contributed by atoms with Gasteiger partial charge in [-0.25, -0.2) is 0 Å². The molecule has 0 saturated carbocycles. The van der Waals surface area contributed by atoms with E-state index in [9.17, 15) is 9.90 Å². The van der Waals surface area contributed by atoms with Crippen LogP contribution in [0.25, 0.3) is 0 Å². The van der Waals surface area contributed by atoms with Crippen molar-refractivity contribution in [1.29, 1.82) is 0 Å². The van der Waals surface area contributed by atoms with E-state index in [0.29, 0.717) is 19.5 Å². The highest BCUT2D eigenvalue weighted by Crippen LogP contribution is 2.22. The van der Waals surface area contributed by atoms with E-state index >= 15 is 0 Å². The van der Waals surface area contributed by atoms with E-state index in [-0.39, 0.29) is 23.7 Å². The molecule has 0 aliphatic carbocycles. The first kappa shape index (κ1) is 13.4. The number of likely N-dealkylation sites (tertiary alicyclic amines) is 1. The normalized spacial score (nSPS) is 26.1. The van der Waals surface area contributed by atoms with Crippen LogP contribution in [0.5, 0.6) is 5.75 Å². The summed E-state index contributed by atoms with van der Waals surface area (Å²) >= 11 is 0. The molecule has 0 radical (unpaired) electrons. The van der Waals surface area contributed by atoms with Crippen LogP contribution in [0.15, 0.2) is 18.2 Å². The predicted octanol–water partition coefficient (Wildman–Crippen LogP) is 0.356. The van der Waals surface area contributed by atoms with Gasteiger partial charge in [-0.1, -0.05) is 6.07 Å². The number of nitrogens with zero attached hydrogens (tertiary/aromatic N) is 1. The Morgan fingerprint density at radius 1 is 1.40 bits per heavy atom. The molecular weight excluding hydrogens is 254 g/mol. The van der Waals surface area contributed by atoms with Crippen molar-refractivity contribution in [1.82, 2.24) is 10.2 Å². The van der Waals surface area contributed by atoms with Crippen molar-refractivity contribution in [3.8, 4) is 5.75 Å². The zero-order chi connectivity index (χ0) is 14.1. The Bertz CT molecular complexity index is 518. The number of nitrogens with one attached hydrogen (secondary N) is 1. The molecule has 4 N–H and O–H groups in total. The van der Waals surface area contributed by atoms with Crippen LogP contribution in [0.1, 0.15) is 24.0 Å². The first-order valence-electron chi connectivity index (χ1n) is 7.22. The summed E-state index contributed by atoms with van der Waals surface area (Å²) in [7, 11) is 0. The zero-order valence-electron chi connectivity index (χ0n) is 11.5. The van der Waals surface area contributed by atoms with Crippen LogP contribution in [-0.2, 0) is 17.8 Å². The summed E-state index contributed by atoms with van der Waals surface area (Å²) in [4.78, 5) is 14.4. The van der Waals surface area contributed by atoms with Gasteiger partial charge in [-0.2, -0.15) is 0 Å². The van der Waals surface area contributed by atoms with E-state index in [2.05, 4.69) is 5.32 Å². The van der Waals surface area contributed by atoms with Crippen molar-refractivity contribution < 1.29 is 9.90 Å². The van der Waals surface area contributed by atoms with E-state index < -0.39 is 0 Å². The second-order valence-corrected chi connectivity index (χ2v) is 5.78. The number of phenols is 1. The van der Waals surface area contributed by atoms with Gasteiger partial charge in [-0.05, 0) is 42.5 Å². The standard InChI is InChI=1S/C15H21N3O2/c16-12-2-1-5-18(9-12)15(20)14-7-10-3-4-13(19)6-11(10)8-17-14/h3-4,6,12,14,17,19H,1-2,5,7-9,16H2/t12?,14-/m0/s1. The highest BCUT2D eigenvalue weighted by atomic mass is 16.3. The molecule has 5 heteroatoms. The number of piperidine rings is 1. The molecule has 0 bridgehead atoms. The number of carbonyl (C=O) groups excluding carboxylic acids is 1. The number of fused-ring (bicyclic) bond motifs is 1. The second kappa shape index (κ2) is 5.42. The molecule has 2 heterocycles. The quantitative estimate of drug-likeness (QED) is 0.691. The minimum Gasteiger partial charge on any atom is -0.508 e. The number of aromatic hydroxyl groups is 1. The lowest BCUT2D eigenvalue weighted by Gasteiger charge is -2.35. The Hall–Kier alpha value is -1.59. The molecule has 1 unspecified atom stereocenters. The number of phenolic OH excluding ortho intramolecular Hbond substituents is 1. The summed E-state index contributed by atoms with van der Waals surface area (Å²) in [5, 5.41) is 12.8. The Labute approximate surface area is 118 Å². The smallest absolute Gasteiger partial charge is 0.240 e. The second-order valence-electron chi connectivity index (χ2n) is 5.78. The summed E-state index contributed by atoms with van der Waals surface area (Å²) in [6.07, 6.45) is 2.67. The Morgan fingerprint density at radius 3 is 3.05 bits per heavy atom. The highest BCUT2D eigenvalue weighted by molar-refractivity contribution is 5.82. The molecule has 3 rings (SSSR count). The van der Waals surface area contributed by atoms with Crippen LogP contribution in [0.2, 0.25) is 0 Å². The van der Waals surface area contributed by atoms with Crippen molar-refractivity contribution in [3.63, 3.8) is 0 Å². The van der Waals surface area contributed by atoms with Crippen molar-refractivity contribution >= 4 is 5.91 Å². The minimum absolute atomic E-state index is 0.112. The van der Waals surface area contributed by atoms with Crippen LogP contribution < -0.4 is 11.1 Å². The molecule has 2 aliphatic rings. The number of hydrogen-bond donors (Lipinski definition) is 3. The van der Waals surface area contributed by atoms with Gasteiger partial charge < -0.3 is 21.1 Å². The number of hydrogen-bond acceptors (Lipinski definition) is 4. The van der Waals surface area contributed by atoms with Gasteiger partial charge in [0.1, 0.15) is 5.75 Å². The van der Waals surface area contributed by atoms with Crippen LogP contribution in [-0.4, -0.2) is 41.1 Å². The van der Waals surface area contributed by atoms with E-state index in [0.717, 1.165) is 30.5 Å². The fourth-order valence-corrected chi connectivity index (χ4v) is 3.11. The third kappa shape index (κ3) is 2.64. The number of benzene rings is 1. The Balaban J connectivity index is 1.70. The number of rotatable bonds is 1. The molecule has 1 saturated heterocycles. The average molecular weight is 275 g/mol. The third-order valence-corrected chi connectivity index (χ3v) is 4.22. The summed E-state index contributed by atoms with van der Waals surface area (Å²) in [5.74, 6) is 0.427. The molecule has 2 aliphatic heterocycles. The fourth-order valence-electron chi connectivity index (χ4n) is 3.11. The van der Waals surface area contributed by atoms with Crippen molar-refractivity contribution in [2.24, 2.45) is 5.73 Å². The van der Waals surface area contributed by atoms with Crippen molar-refractivity contribution in [3.05, 3.63) is 29.3 Å². The van der Waals surface area contributed by atoms with E-state index in [1.807, 2.05) is 11.0 Å². The van der Waals surface area contributed by atoms with Gasteiger partial charge in [0.25, 0.3) is 0 Å². The monoisotopic (exact) mass is 275 g/mol. The van der Waals surface area contributed by atoms with Gasteiger partial charge >= 0.3 is 0 Å². The molecule has 2 atom stereocenters. The lowest BCUT2D eigenvalue weighted by atomic mass is 9.94. The summed E-state index contributed by atoms with van der Waals surface area (Å²) in [6.45, 7) is 2.10. The molecule has 1 fully saturated rings. The van der Waals surface area contributed by atoms with Crippen molar-refractivity contribution in [2.45, 2.75) is 37.9 Å². The van der Waals surface area contributed by atoms with Crippen LogP contribution in [0, 0.1) is 0 Å². The Morgan fingerprint density at radius 2 is 2.25 bits per heavy atom. The first-order chi connectivity index (χ1) is 9.63. The van der Waals surface area contributed by atoms with Crippen LogP contribution in [0.4, 0.5) is 0 Å². The van der Waals surface area contributed by atoms with E-state index in [1.54, 1.807) is 12.1 Å². The fraction of sp³-hybridized carbons (Fsp3) is 0.533. The summed E-state index contributed by atoms with van der Waals surface area (Å²) < 4.78 is 0. The van der Waals surface area contributed by atoms with E-state index in [4.69, 9.17) is 5.73 Å². The molecule has 1 aromatic rings. The lowest BCUT2D eigenvalue weighted by Crippen LogP contribution is -2.54. The summed E-state index contributed by atoms with van der Waals surface area (Å²) in [5.41, 5.74) is 8.16. The molecule has 108 valence electrons. The SMILES string of the molecule is NC1CCCN(C(=O)[C@@H]2Cc3ccc(O)cc3CN2)C1. The largest absolute Gasteiger partial charge is 0.508 e. The minimum atomic E-state index is -0.169. The predicted molar refractivity (Wildman–Crippen MR) is 76.2 cm³/mol. The third-order valence-electron chi connectivity index (χ3n) is 4.22. The maximum atomic E-state index is 12.5. The first-order valence-corrected chi connectivity index (χ1v) is 7.22. The number of carbonyl (C=O) groups is 1. The molecule has 5 nitrogen and oxygen atoms in total. The van der Waals surface area contributed by atoms with Gasteiger partial charge in [0.2, 0.25) is 5.91 Å². The van der Waals surface area contributed by atoms with Gasteiger partial charge in [-0.15, -0.1) is 0 Å². The molecule has 1 amide bonds. The molecule has 0 spiro atoms. The maximum absolute atomic E-state index is 12.5. The zero-order valence-corrected chi connectivity index (χ0v) is 11.5. The average Bonchev–Trinajstić information content (AvgIpc) is 2.46. The molecule has 0 aromatic heterocycles. The van der Waals surface area contributed by atoms with Gasteiger partial charge in [-0.3, -0.25) is 4.79 Å². The maximum Gasteiger partial charge on any atom is 0.240 e. The van der Waals surface area contributed by atoms with Crippen molar-refractivity contribution in [2.75, 3.05) is 13.1 Å². The lowest BCUT2D eigenvalue weighted by molar-refractivity contribution is -0.134. The number of nitrogens with two attached hydrogens (primary N) is 1. The highest BCUT2D eigenvalue weighted by Gasteiger charge is 2.30. The number of amides is 1. The van der Waals surface area contributed by atoms with Gasteiger partial charge in [0.05, 0.1) is 6.04 Å². The summed E-state index contributed by atoms with van der Waals surface area (Å²) in [6, 6.07) is 5.30. The molecule has 1 aromatic carbocycles. The Kier molecular flexibility index (Phi) is 3.63. The van der Waals surface area contributed by atoms with Gasteiger partial charge in [0.15, 0.2) is 0 Å². The molecule has 20 heavy (non-hydrogen) atoms. The topological polar surface area (TPSA) is 78.6 Å². The molecular formula is C15H21N3O2. The van der Waals surface area contributed by atoms with Crippen LogP contribution in [0.3, 0.4) is 0 Å². The van der Waals surface area contributed by atoms with Gasteiger partial charge in [0, 0.05) is 25.7 Å².